The summed E-state index contributed by atoms with van der Waals surface area (Å²) in [6, 6.07) is 4.12. The normalized spacial score (nSPS) is 23.8. The van der Waals surface area contributed by atoms with Gasteiger partial charge in [-0.05, 0) is 41.4 Å². The van der Waals surface area contributed by atoms with Crippen molar-refractivity contribution >= 4 is 27.3 Å². The number of thiophene rings is 1. The maximum absolute atomic E-state index is 6.00. The van der Waals surface area contributed by atoms with Gasteiger partial charge in [0.15, 0.2) is 0 Å². The maximum atomic E-state index is 6.00. The molecule has 1 aromatic rings. The molecule has 2 N–H and O–H groups in total. The first kappa shape index (κ1) is 13.5. The van der Waals surface area contributed by atoms with Gasteiger partial charge in [0.05, 0.1) is 17.0 Å². The van der Waals surface area contributed by atoms with Gasteiger partial charge in [0, 0.05) is 23.4 Å². The quantitative estimate of drug-likeness (QED) is 0.907. The summed E-state index contributed by atoms with van der Waals surface area (Å²) < 4.78 is 12.4. The molecule has 1 fully saturated rings. The second-order valence-corrected chi connectivity index (χ2v) is 6.98. The first-order valence-electron chi connectivity index (χ1n) is 5.87. The van der Waals surface area contributed by atoms with Crippen LogP contribution < -0.4 is 5.73 Å². The van der Waals surface area contributed by atoms with Gasteiger partial charge >= 0.3 is 0 Å². The third-order valence-electron chi connectivity index (χ3n) is 2.89. The lowest BCUT2D eigenvalue weighted by molar-refractivity contribution is 0.0155. The Morgan fingerprint density at radius 3 is 3.00 bits per heavy atom. The molecule has 0 spiro atoms. The molecule has 96 valence electrons. The maximum Gasteiger partial charge on any atom is 0.106 e. The molecule has 5 heteroatoms. The fourth-order valence-corrected chi connectivity index (χ4v) is 3.52. The highest BCUT2D eigenvalue weighted by Crippen LogP contribution is 2.31. The molecule has 0 saturated carbocycles. The molecule has 0 radical (unpaired) electrons. The van der Waals surface area contributed by atoms with E-state index in [-0.39, 0.29) is 12.1 Å². The minimum Gasteiger partial charge on any atom is -0.381 e. The number of hydrogen-bond acceptors (Lipinski definition) is 4. The van der Waals surface area contributed by atoms with Crippen molar-refractivity contribution in [3.8, 4) is 0 Å². The van der Waals surface area contributed by atoms with E-state index in [9.17, 15) is 0 Å². The molecule has 0 aliphatic carbocycles. The Morgan fingerprint density at radius 2 is 2.47 bits per heavy atom. The van der Waals surface area contributed by atoms with Crippen LogP contribution in [-0.2, 0) is 9.47 Å². The fraction of sp³-hybridized carbons (Fsp3) is 0.667. The lowest BCUT2D eigenvalue weighted by atomic mass is 10.1. The lowest BCUT2D eigenvalue weighted by Gasteiger charge is -2.21. The number of rotatable bonds is 5. The van der Waals surface area contributed by atoms with Crippen LogP contribution in [0.3, 0.4) is 0 Å². The lowest BCUT2D eigenvalue weighted by Crippen LogP contribution is -2.28. The van der Waals surface area contributed by atoms with Crippen LogP contribution in [0.5, 0.6) is 0 Å². The summed E-state index contributed by atoms with van der Waals surface area (Å²) in [6.07, 6.45) is 1.09. The van der Waals surface area contributed by atoms with Gasteiger partial charge < -0.3 is 15.2 Å². The predicted molar refractivity (Wildman–Crippen MR) is 73.3 cm³/mol. The van der Waals surface area contributed by atoms with Crippen LogP contribution in [0.25, 0.3) is 0 Å². The summed E-state index contributed by atoms with van der Waals surface area (Å²) in [6.45, 7) is 4.41. The van der Waals surface area contributed by atoms with E-state index in [2.05, 4.69) is 22.0 Å². The minimum atomic E-state index is -0.00750. The van der Waals surface area contributed by atoms with Gasteiger partial charge in [-0.25, -0.2) is 0 Å². The zero-order valence-electron chi connectivity index (χ0n) is 9.90. The molecule has 3 nitrogen and oxygen atoms in total. The van der Waals surface area contributed by atoms with Crippen molar-refractivity contribution in [1.29, 1.82) is 0 Å². The van der Waals surface area contributed by atoms with E-state index in [1.807, 2.05) is 13.0 Å². The zero-order valence-corrected chi connectivity index (χ0v) is 12.3. The molecule has 1 aromatic heterocycles. The largest absolute Gasteiger partial charge is 0.381 e. The summed E-state index contributed by atoms with van der Waals surface area (Å²) in [5.41, 5.74) is 6.00. The van der Waals surface area contributed by atoms with Crippen LogP contribution in [-0.4, -0.2) is 25.9 Å². The van der Waals surface area contributed by atoms with Gasteiger partial charge in [-0.15, -0.1) is 11.3 Å². The molecule has 0 amide bonds. The fourth-order valence-electron chi connectivity index (χ4n) is 1.93. The first-order valence-corrected chi connectivity index (χ1v) is 7.48. The summed E-state index contributed by atoms with van der Waals surface area (Å²) in [5.74, 6) is 0.527. The van der Waals surface area contributed by atoms with Gasteiger partial charge in [-0.2, -0.15) is 0 Å². The highest BCUT2D eigenvalue weighted by atomic mass is 79.9. The van der Waals surface area contributed by atoms with E-state index in [0.29, 0.717) is 5.92 Å². The third kappa shape index (κ3) is 3.76. The van der Waals surface area contributed by atoms with Crippen molar-refractivity contribution in [2.45, 2.75) is 25.5 Å². The molecule has 2 rings (SSSR count). The van der Waals surface area contributed by atoms with Crippen molar-refractivity contribution in [1.82, 2.24) is 0 Å². The zero-order chi connectivity index (χ0) is 12.3. The van der Waals surface area contributed by atoms with Crippen molar-refractivity contribution in [2.24, 2.45) is 11.7 Å². The van der Waals surface area contributed by atoms with Crippen LogP contribution in [0.4, 0.5) is 0 Å². The van der Waals surface area contributed by atoms with Crippen molar-refractivity contribution in [3.05, 3.63) is 20.8 Å². The Morgan fingerprint density at radius 1 is 1.65 bits per heavy atom. The van der Waals surface area contributed by atoms with Crippen LogP contribution in [0.2, 0.25) is 0 Å². The molecular formula is C12H18BrNO2S. The molecule has 0 bridgehead atoms. The van der Waals surface area contributed by atoms with Crippen molar-refractivity contribution in [2.75, 3.05) is 19.8 Å². The average Bonchev–Trinajstić information content (AvgIpc) is 2.90. The number of hydrogen-bond donors (Lipinski definition) is 1. The van der Waals surface area contributed by atoms with Gasteiger partial charge in [-0.3, -0.25) is 0 Å². The first-order chi connectivity index (χ1) is 8.16. The van der Waals surface area contributed by atoms with Crippen LogP contribution in [0.1, 0.15) is 24.3 Å². The second-order valence-electron chi connectivity index (χ2n) is 4.48. The third-order valence-corrected chi connectivity index (χ3v) is 4.57. The highest BCUT2D eigenvalue weighted by molar-refractivity contribution is 9.11. The highest BCUT2D eigenvalue weighted by Gasteiger charge is 2.22. The van der Waals surface area contributed by atoms with E-state index < -0.39 is 0 Å². The molecular weight excluding hydrogens is 302 g/mol. The Balaban J connectivity index is 1.92. The van der Waals surface area contributed by atoms with Gasteiger partial charge in [0.25, 0.3) is 0 Å². The summed E-state index contributed by atoms with van der Waals surface area (Å²) in [5, 5.41) is 0. The topological polar surface area (TPSA) is 44.5 Å². The number of ether oxygens (including phenoxy) is 2. The van der Waals surface area contributed by atoms with E-state index in [4.69, 9.17) is 15.2 Å². The van der Waals surface area contributed by atoms with E-state index in [1.54, 1.807) is 11.3 Å². The average molecular weight is 320 g/mol. The van der Waals surface area contributed by atoms with Crippen LogP contribution in [0, 0.1) is 5.92 Å². The SMILES string of the molecule is CC(N)C(OCC1CCOC1)c1ccc(Br)s1. The Labute approximate surface area is 114 Å². The molecule has 17 heavy (non-hydrogen) atoms. The Bertz CT molecular complexity index is 350. The molecule has 3 atom stereocenters. The monoisotopic (exact) mass is 319 g/mol. The number of halogens is 1. The summed E-state index contributed by atoms with van der Waals surface area (Å²) in [4.78, 5) is 1.19. The summed E-state index contributed by atoms with van der Waals surface area (Å²) >= 11 is 5.16. The van der Waals surface area contributed by atoms with Crippen molar-refractivity contribution < 1.29 is 9.47 Å². The second kappa shape index (κ2) is 6.29. The molecule has 2 heterocycles. The Kier molecular flexibility index (Phi) is 4.99. The van der Waals surface area contributed by atoms with Gasteiger partial charge in [0.2, 0.25) is 0 Å². The van der Waals surface area contributed by atoms with Crippen molar-refractivity contribution in [3.63, 3.8) is 0 Å². The molecule has 1 saturated heterocycles. The van der Waals surface area contributed by atoms with E-state index >= 15 is 0 Å². The smallest absolute Gasteiger partial charge is 0.106 e. The van der Waals surface area contributed by atoms with Crippen LogP contribution in [0.15, 0.2) is 15.9 Å². The molecule has 0 aromatic carbocycles. The predicted octanol–water partition coefficient (Wildman–Crippen LogP) is 2.95. The molecule has 3 unspecified atom stereocenters. The molecule has 1 aliphatic rings. The van der Waals surface area contributed by atoms with Gasteiger partial charge in [-0.1, -0.05) is 0 Å². The Hall–Kier alpha value is 0.0600. The van der Waals surface area contributed by atoms with Crippen LogP contribution >= 0.6 is 27.3 Å². The van der Waals surface area contributed by atoms with E-state index in [0.717, 1.165) is 30.0 Å². The van der Waals surface area contributed by atoms with E-state index in [1.165, 1.54) is 4.88 Å². The molecule has 1 aliphatic heterocycles. The van der Waals surface area contributed by atoms with Gasteiger partial charge in [0.1, 0.15) is 6.10 Å². The summed E-state index contributed by atoms with van der Waals surface area (Å²) in [7, 11) is 0. The standard InChI is InChI=1S/C12H18BrNO2S/c1-8(14)12(10-2-3-11(13)17-10)16-7-9-4-5-15-6-9/h2-3,8-9,12H,4-7,14H2,1H3. The number of nitrogens with two attached hydrogens (primary N) is 1. The minimum absolute atomic E-state index is 0.00266.